The van der Waals surface area contributed by atoms with Crippen molar-refractivity contribution in [2.75, 3.05) is 11.5 Å². The summed E-state index contributed by atoms with van der Waals surface area (Å²) in [6.07, 6.45) is 32.6. The van der Waals surface area contributed by atoms with Crippen LogP contribution in [0.1, 0.15) is 180 Å². The minimum Gasteiger partial charge on any atom is -0.399 e. The molecule has 53 heavy (non-hydrogen) atoms. The van der Waals surface area contributed by atoms with Crippen LogP contribution in [0.2, 0.25) is 0 Å². The van der Waals surface area contributed by atoms with Gasteiger partial charge in [-0.25, -0.2) is 0 Å². The largest absolute Gasteiger partial charge is 0.399 e. The number of aryl methyl sites for hydroxylation is 4. The minimum absolute atomic E-state index is 0.842. The van der Waals surface area contributed by atoms with Crippen LogP contribution in [0.3, 0.4) is 0 Å². The van der Waals surface area contributed by atoms with Gasteiger partial charge in [0.15, 0.2) is 0 Å². The second-order valence-electron chi connectivity index (χ2n) is 16.1. The molecule has 0 unspecified atom stereocenters. The summed E-state index contributed by atoms with van der Waals surface area (Å²) in [5.41, 5.74) is 25.5. The highest BCUT2D eigenvalue weighted by atomic mass is 14.5. The number of rotatable bonds is 28. The van der Waals surface area contributed by atoms with E-state index in [1.54, 1.807) is 22.3 Å². The summed E-state index contributed by atoms with van der Waals surface area (Å²) in [5, 5.41) is 0. The zero-order valence-corrected chi connectivity index (χ0v) is 33.9. The van der Waals surface area contributed by atoms with Gasteiger partial charge in [-0.05, 0) is 133 Å². The van der Waals surface area contributed by atoms with Gasteiger partial charge in [0.1, 0.15) is 0 Å². The van der Waals surface area contributed by atoms with Crippen molar-refractivity contribution in [3.05, 3.63) is 129 Å². The third-order valence-electron chi connectivity index (χ3n) is 11.3. The molecule has 2 nitrogen and oxygen atoms in total. The molecule has 0 radical (unpaired) electrons. The second kappa shape index (κ2) is 25.5. The molecule has 0 spiro atoms. The van der Waals surface area contributed by atoms with Gasteiger partial charge in [-0.1, -0.05) is 171 Å². The van der Waals surface area contributed by atoms with E-state index in [-0.39, 0.29) is 0 Å². The number of hydrogen-bond donors (Lipinski definition) is 2. The van der Waals surface area contributed by atoms with Gasteiger partial charge in [0.2, 0.25) is 0 Å². The lowest BCUT2D eigenvalue weighted by Gasteiger charge is -2.13. The lowest BCUT2D eigenvalue weighted by molar-refractivity contribution is 0.557. The van der Waals surface area contributed by atoms with E-state index in [4.69, 9.17) is 11.5 Å². The van der Waals surface area contributed by atoms with Crippen LogP contribution in [0.15, 0.2) is 84.9 Å². The average Bonchev–Trinajstić information content (AvgIpc) is 3.17. The van der Waals surface area contributed by atoms with E-state index in [9.17, 15) is 0 Å². The molecule has 0 saturated heterocycles. The summed E-state index contributed by atoms with van der Waals surface area (Å²) in [6, 6.07) is 31.4. The third-order valence-corrected chi connectivity index (χ3v) is 11.3. The highest BCUT2D eigenvalue weighted by Gasteiger charge is 2.08. The third kappa shape index (κ3) is 17.0. The molecule has 4 rings (SSSR count). The number of benzene rings is 4. The average molecular weight is 715 g/mol. The van der Waals surface area contributed by atoms with Gasteiger partial charge in [0, 0.05) is 11.4 Å². The second-order valence-corrected chi connectivity index (χ2v) is 16.1. The number of anilines is 2. The summed E-state index contributed by atoms with van der Waals surface area (Å²) < 4.78 is 0. The molecule has 0 bridgehead atoms. The summed E-state index contributed by atoms with van der Waals surface area (Å²) in [5.74, 6) is 0. The molecule has 0 aliphatic carbocycles. The molecule has 0 fully saturated rings. The maximum atomic E-state index is 5.93. The van der Waals surface area contributed by atoms with E-state index in [0.717, 1.165) is 24.2 Å². The van der Waals surface area contributed by atoms with Crippen molar-refractivity contribution in [2.45, 2.75) is 174 Å². The summed E-state index contributed by atoms with van der Waals surface area (Å²) in [6.45, 7) is 4.61. The molecular formula is C51H74N2. The Bertz CT molecular complexity index is 1420. The number of nitrogen functional groups attached to an aromatic ring is 2. The van der Waals surface area contributed by atoms with Crippen molar-refractivity contribution in [3.8, 4) is 0 Å². The molecule has 4 aromatic rings. The van der Waals surface area contributed by atoms with Crippen molar-refractivity contribution in [3.63, 3.8) is 0 Å². The molecule has 0 atom stereocenters. The first-order valence-corrected chi connectivity index (χ1v) is 21.9. The van der Waals surface area contributed by atoms with E-state index < -0.39 is 0 Å². The highest BCUT2D eigenvalue weighted by molar-refractivity contribution is 5.43. The molecule has 0 saturated carbocycles. The lowest BCUT2D eigenvalue weighted by Crippen LogP contribution is -1.99. The summed E-state index contributed by atoms with van der Waals surface area (Å²) in [4.78, 5) is 0. The van der Waals surface area contributed by atoms with Gasteiger partial charge < -0.3 is 11.5 Å². The van der Waals surface area contributed by atoms with Gasteiger partial charge >= 0.3 is 0 Å². The van der Waals surface area contributed by atoms with Crippen LogP contribution >= 0.6 is 0 Å². The van der Waals surface area contributed by atoms with Crippen LogP contribution in [0.5, 0.6) is 0 Å². The smallest absolute Gasteiger partial charge is 0.0314 e. The summed E-state index contributed by atoms with van der Waals surface area (Å²) in [7, 11) is 0. The number of nitrogens with two attached hydrogens (primary N) is 2. The molecule has 2 heteroatoms. The Morgan fingerprint density at radius 2 is 0.585 bits per heavy atom. The van der Waals surface area contributed by atoms with E-state index in [2.05, 4.69) is 74.5 Å². The fourth-order valence-electron chi connectivity index (χ4n) is 7.98. The molecule has 4 aromatic carbocycles. The Kier molecular flexibility index (Phi) is 20.3. The molecule has 0 aliphatic heterocycles. The zero-order valence-electron chi connectivity index (χ0n) is 33.9. The maximum absolute atomic E-state index is 5.93. The maximum Gasteiger partial charge on any atom is 0.0314 e. The van der Waals surface area contributed by atoms with Gasteiger partial charge in [0.05, 0.1) is 0 Å². The van der Waals surface area contributed by atoms with Crippen molar-refractivity contribution >= 4 is 11.4 Å². The first-order valence-electron chi connectivity index (χ1n) is 21.9. The molecular weight excluding hydrogens is 641 g/mol. The van der Waals surface area contributed by atoms with E-state index >= 15 is 0 Å². The Labute approximate surface area is 325 Å². The first kappa shape index (κ1) is 42.2. The first-order chi connectivity index (χ1) is 26.0. The number of hydrogen-bond acceptors (Lipinski definition) is 2. The van der Waals surface area contributed by atoms with Gasteiger partial charge in [0.25, 0.3) is 0 Å². The van der Waals surface area contributed by atoms with Crippen LogP contribution < -0.4 is 11.5 Å². The fourth-order valence-corrected chi connectivity index (χ4v) is 7.98. The molecule has 0 amide bonds. The normalized spacial score (nSPS) is 11.4. The number of unbranched alkanes of at least 4 members (excludes halogenated alkanes) is 16. The van der Waals surface area contributed by atoms with E-state index in [0.29, 0.717) is 0 Å². The predicted octanol–water partition coefficient (Wildman–Crippen LogP) is 14.4. The van der Waals surface area contributed by atoms with Crippen molar-refractivity contribution in [2.24, 2.45) is 0 Å². The zero-order chi connectivity index (χ0) is 37.4. The van der Waals surface area contributed by atoms with Gasteiger partial charge in [-0.2, -0.15) is 0 Å². The lowest BCUT2D eigenvalue weighted by atomic mass is 9.92. The van der Waals surface area contributed by atoms with E-state index in [1.807, 2.05) is 24.3 Å². The van der Waals surface area contributed by atoms with Crippen LogP contribution in [0.25, 0.3) is 0 Å². The monoisotopic (exact) mass is 715 g/mol. The quantitative estimate of drug-likeness (QED) is 0.0454. The standard InChI is InChI=1S/C51H74N2/c1-3-5-7-14-20-24-48-40-44(38-42-28-34-50(52)35-29-42)26-32-46(48)22-18-16-12-10-9-11-13-17-19-23-47-33-27-45(39-43-30-36-51(53)37-31-43)41-49(47)25-21-15-8-6-4-2/h26-37,40-41H,3-25,38-39,52-53H2,1-2H3. The van der Waals surface area contributed by atoms with Crippen LogP contribution in [-0.2, 0) is 38.5 Å². The Morgan fingerprint density at radius 3 is 0.925 bits per heavy atom. The molecule has 288 valence electrons. The summed E-state index contributed by atoms with van der Waals surface area (Å²) >= 11 is 0. The van der Waals surface area contributed by atoms with Crippen LogP contribution in [-0.4, -0.2) is 0 Å². The van der Waals surface area contributed by atoms with Crippen molar-refractivity contribution in [1.82, 2.24) is 0 Å². The van der Waals surface area contributed by atoms with Crippen molar-refractivity contribution < 1.29 is 0 Å². The predicted molar refractivity (Wildman–Crippen MR) is 234 cm³/mol. The molecule has 4 N–H and O–H groups in total. The Balaban J connectivity index is 1.14. The van der Waals surface area contributed by atoms with E-state index in [1.165, 1.54) is 170 Å². The molecule has 0 aromatic heterocycles. The van der Waals surface area contributed by atoms with Crippen LogP contribution in [0, 0.1) is 0 Å². The Hall–Kier alpha value is -3.52. The minimum atomic E-state index is 0.842. The molecule has 0 aliphatic rings. The molecule has 0 heterocycles. The van der Waals surface area contributed by atoms with Gasteiger partial charge in [-0.15, -0.1) is 0 Å². The van der Waals surface area contributed by atoms with Crippen LogP contribution in [0.4, 0.5) is 11.4 Å². The topological polar surface area (TPSA) is 52.0 Å². The van der Waals surface area contributed by atoms with Crippen molar-refractivity contribution in [1.29, 1.82) is 0 Å². The SMILES string of the molecule is CCCCCCCc1cc(Cc2ccc(N)cc2)ccc1CCCCCCCCCCCc1ccc(Cc2ccc(N)cc2)cc1CCCCCCC. The fraction of sp³-hybridized carbons (Fsp3) is 0.529. The van der Waals surface area contributed by atoms with Gasteiger partial charge in [-0.3, -0.25) is 0 Å². The Morgan fingerprint density at radius 1 is 0.302 bits per heavy atom. The highest BCUT2D eigenvalue weighted by Crippen LogP contribution is 2.24.